The van der Waals surface area contributed by atoms with Gasteiger partial charge in [0.05, 0.1) is 5.02 Å². The molecule has 82 valence electrons. The molecule has 15 heavy (non-hydrogen) atoms. The first kappa shape index (κ1) is 11.9. The third kappa shape index (κ3) is 2.89. The molecule has 0 saturated heterocycles. The van der Waals surface area contributed by atoms with Gasteiger partial charge in [-0.25, -0.2) is 0 Å². The molecule has 0 amide bonds. The van der Waals surface area contributed by atoms with Crippen molar-refractivity contribution < 1.29 is 18.3 Å². The highest BCUT2D eigenvalue weighted by Crippen LogP contribution is 2.31. The van der Waals surface area contributed by atoms with Crippen molar-refractivity contribution >= 4 is 17.4 Å². The fraction of sp³-hybridized carbons (Fsp3) is 0.300. The number of halogens is 3. The highest BCUT2D eigenvalue weighted by Gasteiger charge is 2.15. The molecule has 0 aliphatic carbocycles. The molecule has 1 aromatic rings. The van der Waals surface area contributed by atoms with Crippen LogP contribution in [0.5, 0.6) is 5.75 Å². The Hall–Kier alpha value is -1.16. The highest BCUT2D eigenvalue weighted by atomic mass is 35.5. The lowest BCUT2D eigenvalue weighted by Crippen LogP contribution is -2.05. The summed E-state index contributed by atoms with van der Waals surface area (Å²) in [5, 5.41) is -0.0756. The zero-order valence-corrected chi connectivity index (χ0v) is 8.94. The van der Waals surface area contributed by atoms with Crippen LogP contribution < -0.4 is 4.74 Å². The van der Waals surface area contributed by atoms with Crippen molar-refractivity contribution in [3.05, 3.63) is 28.3 Å². The van der Waals surface area contributed by atoms with Crippen molar-refractivity contribution in [3.63, 3.8) is 0 Å². The number of carbonyl (C=O) groups excluding carboxylic acids is 1. The van der Waals surface area contributed by atoms with Crippen LogP contribution in [0, 0.1) is 6.92 Å². The molecule has 0 saturated carbocycles. The van der Waals surface area contributed by atoms with Gasteiger partial charge in [-0.3, -0.25) is 4.79 Å². The van der Waals surface area contributed by atoms with Crippen LogP contribution in [-0.2, 0) is 0 Å². The molecule has 0 spiro atoms. The van der Waals surface area contributed by atoms with Crippen molar-refractivity contribution in [2.24, 2.45) is 0 Å². The molecule has 1 rings (SSSR count). The number of alkyl halides is 2. The topological polar surface area (TPSA) is 26.3 Å². The van der Waals surface area contributed by atoms with Gasteiger partial charge in [0.1, 0.15) is 5.75 Å². The van der Waals surface area contributed by atoms with Crippen molar-refractivity contribution in [1.29, 1.82) is 0 Å². The monoisotopic (exact) mass is 234 g/mol. The molecule has 0 atom stereocenters. The smallest absolute Gasteiger partial charge is 0.387 e. The Balaban J connectivity index is 3.22. The van der Waals surface area contributed by atoms with E-state index in [1.807, 2.05) is 0 Å². The molecule has 1 aromatic carbocycles. The lowest BCUT2D eigenvalue weighted by Gasteiger charge is -2.10. The number of hydrogen-bond acceptors (Lipinski definition) is 2. The molecule has 2 nitrogen and oxygen atoms in total. The van der Waals surface area contributed by atoms with E-state index in [1.54, 1.807) is 6.92 Å². The van der Waals surface area contributed by atoms with E-state index >= 15 is 0 Å². The Labute approximate surface area is 90.8 Å². The number of hydrogen-bond donors (Lipinski definition) is 0. The van der Waals surface area contributed by atoms with Crippen LogP contribution in [0.1, 0.15) is 22.8 Å². The largest absolute Gasteiger partial charge is 0.433 e. The highest BCUT2D eigenvalue weighted by molar-refractivity contribution is 6.35. The maximum atomic E-state index is 12.0. The summed E-state index contributed by atoms with van der Waals surface area (Å²) < 4.78 is 28.2. The molecule has 5 heteroatoms. The predicted octanol–water partition coefficient (Wildman–Crippen LogP) is 3.45. The van der Waals surface area contributed by atoms with E-state index in [0.29, 0.717) is 5.56 Å². The zero-order valence-electron chi connectivity index (χ0n) is 8.18. The first-order valence-electron chi connectivity index (χ1n) is 4.17. The number of Topliss-reactive ketones (excluding diaryl/α,β-unsaturated/α-hetero) is 1. The molecule has 0 heterocycles. The second-order valence-corrected chi connectivity index (χ2v) is 3.44. The SMILES string of the molecule is CC(=O)c1cc(C)cc(OC(F)F)c1Cl. The molecule has 0 radical (unpaired) electrons. The first-order valence-corrected chi connectivity index (χ1v) is 4.55. The third-order valence-corrected chi connectivity index (χ3v) is 2.17. The van der Waals surface area contributed by atoms with Crippen molar-refractivity contribution in [2.45, 2.75) is 20.5 Å². The van der Waals surface area contributed by atoms with Gasteiger partial charge < -0.3 is 4.74 Å². The molecule has 0 bridgehead atoms. The third-order valence-electron chi connectivity index (χ3n) is 1.78. The van der Waals surface area contributed by atoms with Crippen molar-refractivity contribution in [2.75, 3.05) is 0 Å². The molecule has 0 aliphatic heterocycles. The summed E-state index contributed by atoms with van der Waals surface area (Å²) in [6.07, 6.45) is 0. The van der Waals surface area contributed by atoms with Gasteiger partial charge in [0.2, 0.25) is 0 Å². The first-order chi connectivity index (χ1) is 6.91. The van der Waals surface area contributed by atoms with Crippen LogP contribution in [0.4, 0.5) is 8.78 Å². The fourth-order valence-corrected chi connectivity index (χ4v) is 1.46. The normalized spacial score (nSPS) is 10.5. The van der Waals surface area contributed by atoms with Gasteiger partial charge in [0.15, 0.2) is 5.78 Å². The number of carbonyl (C=O) groups is 1. The summed E-state index contributed by atoms with van der Waals surface area (Å²) in [7, 11) is 0. The number of ketones is 1. The predicted molar refractivity (Wildman–Crippen MR) is 52.8 cm³/mol. The van der Waals surface area contributed by atoms with Crippen molar-refractivity contribution in [3.8, 4) is 5.75 Å². The molecule has 0 fully saturated rings. The summed E-state index contributed by atoms with van der Waals surface area (Å²) in [6.45, 7) is 0.0255. The minimum absolute atomic E-state index is 0.0756. The average molecular weight is 235 g/mol. The van der Waals surface area contributed by atoms with E-state index in [4.69, 9.17) is 11.6 Å². The van der Waals surface area contributed by atoms with E-state index in [9.17, 15) is 13.6 Å². The Morgan fingerprint density at radius 2 is 2.07 bits per heavy atom. The summed E-state index contributed by atoms with van der Waals surface area (Å²) in [5.41, 5.74) is 0.826. The quantitative estimate of drug-likeness (QED) is 0.749. The van der Waals surface area contributed by atoms with Crippen LogP contribution in [0.25, 0.3) is 0 Å². The van der Waals surface area contributed by atoms with Crippen molar-refractivity contribution in [1.82, 2.24) is 0 Å². The van der Waals surface area contributed by atoms with Gasteiger partial charge in [-0.05, 0) is 31.5 Å². The lowest BCUT2D eigenvalue weighted by atomic mass is 10.1. The van der Waals surface area contributed by atoms with E-state index in [2.05, 4.69) is 4.74 Å². The van der Waals surface area contributed by atoms with Gasteiger partial charge in [-0.15, -0.1) is 0 Å². The number of ether oxygens (including phenoxy) is 1. The summed E-state index contributed by atoms with van der Waals surface area (Å²) >= 11 is 5.74. The maximum absolute atomic E-state index is 12.0. The van der Waals surface area contributed by atoms with Gasteiger partial charge in [-0.1, -0.05) is 11.6 Å². The zero-order chi connectivity index (χ0) is 11.6. The van der Waals surface area contributed by atoms with Gasteiger partial charge >= 0.3 is 6.61 Å². The molecule has 0 unspecified atom stereocenters. The van der Waals surface area contributed by atoms with Crippen LogP contribution >= 0.6 is 11.6 Å². The van der Waals surface area contributed by atoms with E-state index < -0.39 is 6.61 Å². The second kappa shape index (κ2) is 4.57. The number of rotatable bonds is 3. The van der Waals surface area contributed by atoms with Crippen LogP contribution in [0.3, 0.4) is 0 Å². The maximum Gasteiger partial charge on any atom is 0.387 e. The molecule has 0 aromatic heterocycles. The van der Waals surface area contributed by atoms with Crippen LogP contribution in [0.15, 0.2) is 12.1 Å². The number of benzene rings is 1. The van der Waals surface area contributed by atoms with Gasteiger partial charge in [0, 0.05) is 5.56 Å². The minimum Gasteiger partial charge on any atom is -0.433 e. The molecular formula is C10H9ClF2O2. The molecule has 0 aliphatic rings. The van der Waals surface area contributed by atoms with Crippen LogP contribution in [0.2, 0.25) is 5.02 Å². The molecular weight excluding hydrogens is 226 g/mol. The van der Waals surface area contributed by atoms with E-state index in [1.165, 1.54) is 19.1 Å². The standard InChI is InChI=1S/C10H9ClF2O2/c1-5-3-7(6(2)14)9(11)8(4-5)15-10(12)13/h3-4,10H,1-2H3. The van der Waals surface area contributed by atoms with E-state index in [0.717, 1.165) is 0 Å². The second-order valence-electron chi connectivity index (χ2n) is 3.06. The number of aryl methyl sites for hydroxylation is 1. The van der Waals surface area contributed by atoms with Crippen LogP contribution in [-0.4, -0.2) is 12.4 Å². The summed E-state index contributed by atoms with van der Waals surface area (Å²) in [5.74, 6) is -0.459. The summed E-state index contributed by atoms with van der Waals surface area (Å²) in [6, 6.07) is 2.89. The Morgan fingerprint density at radius 1 is 1.47 bits per heavy atom. The molecule has 0 N–H and O–H groups in total. The van der Waals surface area contributed by atoms with Gasteiger partial charge in [-0.2, -0.15) is 8.78 Å². The Kier molecular flexibility index (Phi) is 3.63. The average Bonchev–Trinajstić information content (AvgIpc) is 2.09. The summed E-state index contributed by atoms with van der Waals surface area (Å²) in [4.78, 5) is 11.1. The van der Waals surface area contributed by atoms with E-state index in [-0.39, 0.29) is 22.1 Å². The lowest BCUT2D eigenvalue weighted by molar-refractivity contribution is -0.0498. The Morgan fingerprint density at radius 3 is 2.53 bits per heavy atom. The Bertz CT molecular complexity index is 391. The minimum atomic E-state index is -2.95. The van der Waals surface area contributed by atoms with Gasteiger partial charge in [0.25, 0.3) is 0 Å². The fourth-order valence-electron chi connectivity index (χ4n) is 1.17.